The Kier molecular flexibility index (Phi) is 5.54. The molecule has 27 heavy (non-hydrogen) atoms. The maximum absolute atomic E-state index is 12.6. The maximum Gasteiger partial charge on any atom is 0.335 e. The highest BCUT2D eigenvalue weighted by atomic mass is 16.2. The molecule has 10 heteroatoms. The first-order valence-electron chi connectivity index (χ1n) is 9.00. The average molecular weight is 377 g/mol. The number of imide groups is 2. The van der Waals surface area contributed by atoms with Crippen LogP contribution in [0.15, 0.2) is 12.7 Å². The van der Waals surface area contributed by atoms with E-state index in [0.29, 0.717) is 37.6 Å². The van der Waals surface area contributed by atoms with Gasteiger partial charge in [-0.25, -0.2) is 9.69 Å². The Morgan fingerprint density at radius 3 is 2.59 bits per heavy atom. The lowest BCUT2D eigenvalue weighted by Crippen LogP contribution is -2.58. The molecule has 0 saturated carbocycles. The highest BCUT2D eigenvalue weighted by molar-refractivity contribution is 6.45. The van der Waals surface area contributed by atoms with E-state index < -0.39 is 30.3 Å². The molecule has 0 aromatic carbocycles. The second-order valence-electron chi connectivity index (χ2n) is 6.78. The van der Waals surface area contributed by atoms with Crippen LogP contribution in [-0.2, 0) is 19.2 Å². The number of nitrogens with zero attached hydrogens (tertiary/aromatic N) is 4. The minimum absolute atomic E-state index is 0.0103. The van der Waals surface area contributed by atoms with Gasteiger partial charge in [0.1, 0.15) is 6.54 Å². The molecule has 3 rings (SSSR count). The van der Waals surface area contributed by atoms with Gasteiger partial charge in [0.25, 0.3) is 0 Å². The molecule has 10 nitrogen and oxygen atoms in total. The molecule has 0 radical (unpaired) electrons. The Bertz CT molecular complexity index is 693. The third-order valence-corrected chi connectivity index (χ3v) is 5.06. The molecule has 0 bridgehead atoms. The van der Waals surface area contributed by atoms with E-state index in [2.05, 4.69) is 11.9 Å². The van der Waals surface area contributed by atoms with Crippen molar-refractivity contribution in [3.63, 3.8) is 0 Å². The number of hydrogen-bond donors (Lipinski definition) is 1. The summed E-state index contributed by atoms with van der Waals surface area (Å²) in [4.78, 5) is 65.6. The van der Waals surface area contributed by atoms with E-state index in [-0.39, 0.29) is 18.5 Å². The fourth-order valence-corrected chi connectivity index (χ4v) is 3.66. The molecular weight excluding hydrogens is 354 g/mol. The van der Waals surface area contributed by atoms with Gasteiger partial charge in [-0.05, 0) is 12.8 Å². The van der Waals surface area contributed by atoms with Crippen molar-refractivity contribution in [3.05, 3.63) is 12.7 Å². The molecule has 0 aromatic heterocycles. The Balaban J connectivity index is 1.63. The van der Waals surface area contributed by atoms with Crippen molar-refractivity contribution in [1.29, 1.82) is 0 Å². The van der Waals surface area contributed by atoms with Crippen molar-refractivity contribution in [2.24, 2.45) is 0 Å². The predicted molar refractivity (Wildman–Crippen MR) is 93.2 cm³/mol. The number of amides is 6. The van der Waals surface area contributed by atoms with Crippen molar-refractivity contribution in [1.82, 2.24) is 24.9 Å². The summed E-state index contributed by atoms with van der Waals surface area (Å²) in [6, 6.07) is -0.870. The van der Waals surface area contributed by atoms with E-state index in [1.807, 2.05) is 0 Å². The van der Waals surface area contributed by atoms with E-state index in [9.17, 15) is 24.0 Å². The number of piperidine rings is 1. The van der Waals surface area contributed by atoms with Crippen LogP contribution in [0.1, 0.15) is 12.8 Å². The normalized spacial score (nSPS) is 24.1. The molecule has 0 aromatic rings. The zero-order valence-corrected chi connectivity index (χ0v) is 15.1. The van der Waals surface area contributed by atoms with Crippen LogP contribution in [0.3, 0.4) is 0 Å². The Morgan fingerprint density at radius 1 is 1.15 bits per heavy atom. The first-order valence-corrected chi connectivity index (χ1v) is 9.00. The van der Waals surface area contributed by atoms with Crippen molar-refractivity contribution >= 4 is 29.7 Å². The Morgan fingerprint density at radius 2 is 1.89 bits per heavy atom. The summed E-state index contributed by atoms with van der Waals surface area (Å²) in [5.74, 6) is -2.34. The average Bonchev–Trinajstić information content (AvgIpc) is 2.87. The van der Waals surface area contributed by atoms with Crippen LogP contribution in [0.5, 0.6) is 0 Å². The lowest BCUT2D eigenvalue weighted by molar-refractivity contribution is -0.145. The third-order valence-electron chi connectivity index (χ3n) is 5.06. The van der Waals surface area contributed by atoms with Crippen molar-refractivity contribution in [2.75, 3.05) is 45.8 Å². The lowest BCUT2D eigenvalue weighted by atomic mass is 10.0. The summed E-state index contributed by atoms with van der Waals surface area (Å²) in [6.07, 6.45) is 2.88. The van der Waals surface area contributed by atoms with Crippen LogP contribution < -0.4 is 5.32 Å². The largest absolute Gasteiger partial charge is 0.339 e. The molecular formula is C17H23N5O5. The lowest BCUT2D eigenvalue weighted by Gasteiger charge is -2.41. The molecule has 3 heterocycles. The first kappa shape index (κ1) is 19.0. The van der Waals surface area contributed by atoms with E-state index in [1.54, 1.807) is 9.80 Å². The molecule has 1 N–H and O–H groups in total. The number of carbonyl (C=O) groups is 5. The van der Waals surface area contributed by atoms with Crippen molar-refractivity contribution in [3.8, 4) is 0 Å². The highest BCUT2D eigenvalue weighted by Gasteiger charge is 2.45. The van der Waals surface area contributed by atoms with Gasteiger partial charge in [-0.3, -0.25) is 24.1 Å². The van der Waals surface area contributed by atoms with Crippen LogP contribution >= 0.6 is 0 Å². The number of hydrogen-bond acceptors (Lipinski definition) is 6. The number of urea groups is 1. The second kappa shape index (κ2) is 7.87. The van der Waals surface area contributed by atoms with Gasteiger partial charge in [0.15, 0.2) is 0 Å². The van der Waals surface area contributed by atoms with Crippen LogP contribution in [0, 0.1) is 0 Å². The number of piperazine rings is 1. The molecule has 1 atom stereocenters. The molecule has 3 saturated heterocycles. The molecule has 1 unspecified atom stereocenters. The maximum atomic E-state index is 12.6. The highest BCUT2D eigenvalue weighted by Crippen LogP contribution is 2.18. The van der Waals surface area contributed by atoms with Gasteiger partial charge < -0.3 is 15.1 Å². The van der Waals surface area contributed by atoms with Crippen LogP contribution in [0.25, 0.3) is 0 Å². The standard InChI is InChI=1S/C17H23N5O5/c1-2-6-21-15(25)16(26)22(17(21)27)11-14(24)19-7-3-4-12(10-19)20-8-5-18-9-13(20)23/h2,12,18H,1,3-11H2. The van der Waals surface area contributed by atoms with E-state index in [1.165, 1.54) is 6.08 Å². The molecule has 3 aliphatic rings. The topological polar surface area (TPSA) is 110 Å². The quantitative estimate of drug-likeness (QED) is 0.351. The third kappa shape index (κ3) is 3.70. The summed E-state index contributed by atoms with van der Waals surface area (Å²) >= 11 is 0. The van der Waals surface area contributed by atoms with Crippen LogP contribution in [0.4, 0.5) is 4.79 Å². The number of likely N-dealkylation sites (tertiary alicyclic amines) is 1. The predicted octanol–water partition coefficient (Wildman–Crippen LogP) is -1.61. The molecule has 3 fully saturated rings. The van der Waals surface area contributed by atoms with Gasteiger partial charge in [-0.2, -0.15) is 0 Å². The summed E-state index contributed by atoms with van der Waals surface area (Å²) in [6.45, 7) is 5.37. The van der Waals surface area contributed by atoms with Gasteiger partial charge in [-0.15, -0.1) is 6.58 Å². The van der Waals surface area contributed by atoms with Crippen molar-refractivity contribution < 1.29 is 24.0 Å². The van der Waals surface area contributed by atoms with E-state index >= 15 is 0 Å². The van der Waals surface area contributed by atoms with Gasteiger partial charge in [-0.1, -0.05) is 6.08 Å². The van der Waals surface area contributed by atoms with Gasteiger partial charge >= 0.3 is 17.8 Å². The Hall–Kier alpha value is -2.75. The van der Waals surface area contributed by atoms with E-state index in [4.69, 9.17) is 0 Å². The molecule has 146 valence electrons. The fraction of sp³-hybridized carbons (Fsp3) is 0.588. The second-order valence-corrected chi connectivity index (χ2v) is 6.78. The smallest absolute Gasteiger partial charge is 0.335 e. The number of carbonyl (C=O) groups excluding carboxylic acids is 5. The van der Waals surface area contributed by atoms with Crippen molar-refractivity contribution in [2.45, 2.75) is 18.9 Å². The van der Waals surface area contributed by atoms with Crippen LogP contribution in [0.2, 0.25) is 0 Å². The molecule has 6 amide bonds. The monoisotopic (exact) mass is 377 g/mol. The number of rotatable bonds is 5. The molecule has 0 spiro atoms. The fourth-order valence-electron chi connectivity index (χ4n) is 3.66. The molecule has 0 aliphatic carbocycles. The summed E-state index contributed by atoms with van der Waals surface area (Å²) in [5, 5.41) is 3.02. The minimum Gasteiger partial charge on any atom is -0.339 e. The summed E-state index contributed by atoms with van der Waals surface area (Å²) < 4.78 is 0. The molecule has 3 aliphatic heterocycles. The summed E-state index contributed by atoms with van der Waals surface area (Å²) in [5.41, 5.74) is 0. The Labute approximate surface area is 156 Å². The van der Waals surface area contributed by atoms with Gasteiger partial charge in [0.2, 0.25) is 11.8 Å². The zero-order chi connectivity index (χ0) is 19.6. The van der Waals surface area contributed by atoms with Gasteiger partial charge in [0, 0.05) is 38.8 Å². The van der Waals surface area contributed by atoms with Gasteiger partial charge in [0.05, 0.1) is 6.54 Å². The SMILES string of the molecule is C=CCN1C(=O)C(=O)N(CC(=O)N2CCCC(N3CCNCC3=O)C2)C1=O. The van der Waals surface area contributed by atoms with Crippen LogP contribution in [-0.4, -0.2) is 101 Å². The number of nitrogens with one attached hydrogen (secondary N) is 1. The zero-order valence-electron chi connectivity index (χ0n) is 15.1. The first-order chi connectivity index (χ1) is 12.9. The minimum atomic E-state index is -0.999. The summed E-state index contributed by atoms with van der Waals surface area (Å²) in [7, 11) is 0. The van der Waals surface area contributed by atoms with E-state index in [0.717, 1.165) is 17.7 Å².